The van der Waals surface area contributed by atoms with E-state index in [2.05, 4.69) is 39.6 Å². The van der Waals surface area contributed by atoms with Gasteiger partial charge in [0, 0.05) is 30.9 Å². The summed E-state index contributed by atoms with van der Waals surface area (Å²) < 4.78 is 1.70. The van der Waals surface area contributed by atoms with E-state index < -0.39 is 0 Å². The lowest BCUT2D eigenvalue weighted by atomic mass is 10.1. The molecule has 0 unspecified atom stereocenters. The Balaban J connectivity index is 1.38. The van der Waals surface area contributed by atoms with Crippen molar-refractivity contribution in [2.75, 3.05) is 5.32 Å². The van der Waals surface area contributed by atoms with Crippen LogP contribution in [-0.2, 0) is 13.1 Å². The molecule has 1 saturated carbocycles. The van der Waals surface area contributed by atoms with E-state index in [9.17, 15) is 4.79 Å². The van der Waals surface area contributed by atoms with E-state index in [4.69, 9.17) is 0 Å². The smallest absolute Gasteiger partial charge is 0.250 e. The third-order valence-electron chi connectivity index (χ3n) is 4.37. The highest BCUT2D eigenvalue weighted by Crippen LogP contribution is 2.38. The van der Waals surface area contributed by atoms with Crippen molar-refractivity contribution in [3.8, 4) is 0 Å². The molecular weight excluding hydrogens is 312 g/mol. The van der Waals surface area contributed by atoms with Crippen LogP contribution in [0.15, 0.2) is 65.7 Å². The number of nitrogens with one attached hydrogen (secondary N) is 1. The van der Waals surface area contributed by atoms with Gasteiger partial charge in [-0.15, -0.1) is 0 Å². The molecule has 1 N–H and O–H groups in total. The number of anilines is 1. The minimum atomic E-state index is 0.0171. The zero-order valence-electron chi connectivity index (χ0n) is 13.9. The summed E-state index contributed by atoms with van der Waals surface area (Å²) in [7, 11) is 0. The lowest BCUT2D eigenvalue weighted by Gasteiger charge is -2.09. The Morgan fingerprint density at radius 2 is 1.84 bits per heavy atom. The molecule has 0 aliphatic heterocycles. The van der Waals surface area contributed by atoms with Crippen LogP contribution < -0.4 is 10.9 Å². The van der Waals surface area contributed by atoms with Crippen LogP contribution in [0.5, 0.6) is 0 Å². The number of rotatable bonds is 6. The molecule has 1 aromatic carbocycles. The third kappa shape index (κ3) is 3.94. The standard InChI is InChI=1S/C20H20N4O/c25-19-3-1-2-12-24(19)14-16-6-4-15(5-7-16)13-22-18-10-11-21-20(23-18)17-8-9-17/h1-7,10-12,17H,8-9,13-14H2,(H,21,22,23). The molecule has 0 spiro atoms. The van der Waals surface area contributed by atoms with Crippen molar-refractivity contribution in [1.29, 1.82) is 0 Å². The second kappa shape index (κ2) is 6.89. The van der Waals surface area contributed by atoms with Crippen LogP contribution >= 0.6 is 0 Å². The third-order valence-corrected chi connectivity index (χ3v) is 4.37. The lowest BCUT2D eigenvalue weighted by Crippen LogP contribution is -2.18. The van der Waals surface area contributed by atoms with Crippen LogP contribution in [0.4, 0.5) is 5.82 Å². The summed E-state index contributed by atoms with van der Waals surface area (Å²) in [6.07, 6.45) is 6.04. The van der Waals surface area contributed by atoms with Gasteiger partial charge in [0.2, 0.25) is 0 Å². The highest BCUT2D eigenvalue weighted by Gasteiger charge is 2.26. The van der Waals surface area contributed by atoms with Gasteiger partial charge in [-0.25, -0.2) is 9.97 Å². The number of hydrogen-bond donors (Lipinski definition) is 1. The van der Waals surface area contributed by atoms with Gasteiger partial charge in [-0.3, -0.25) is 4.79 Å². The van der Waals surface area contributed by atoms with E-state index in [1.807, 2.05) is 24.5 Å². The molecule has 25 heavy (non-hydrogen) atoms. The minimum Gasteiger partial charge on any atom is -0.366 e. The van der Waals surface area contributed by atoms with Crippen LogP contribution in [0.25, 0.3) is 0 Å². The second-order valence-electron chi connectivity index (χ2n) is 6.41. The molecule has 2 heterocycles. The molecular formula is C20H20N4O. The molecule has 0 bridgehead atoms. The molecule has 126 valence electrons. The average Bonchev–Trinajstić information content (AvgIpc) is 3.49. The Kier molecular flexibility index (Phi) is 4.29. The molecule has 5 heteroatoms. The molecule has 0 atom stereocenters. The van der Waals surface area contributed by atoms with Crippen molar-refractivity contribution in [3.63, 3.8) is 0 Å². The number of aromatic nitrogens is 3. The van der Waals surface area contributed by atoms with E-state index in [-0.39, 0.29) is 5.56 Å². The van der Waals surface area contributed by atoms with Crippen LogP contribution in [0.3, 0.4) is 0 Å². The number of hydrogen-bond acceptors (Lipinski definition) is 4. The highest BCUT2D eigenvalue weighted by molar-refractivity contribution is 5.36. The van der Waals surface area contributed by atoms with Gasteiger partial charge in [-0.1, -0.05) is 30.3 Å². The summed E-state index contributed by atoms with van der Waals surface area (Å²) in [5, 5.41) is 3.36. The normalized spacial score (nSPS) is 13.6. The minimum absolute atomic E-state index is 0.0171. The van der Waals surface area contributed by atoms with E-state index in [1.165, 1.54) is 18.4 Å². The first-order valence-corrected chi connectivity index (χ1v) is 8.58. The Morgan fingerprint density at radius 1 is 1.04 bits per heavy atom. The van der Waals surface area contributed by atoms with Gasteiger partial charge in [0.15, 0.2) is 0 Å². The molecule has 4 rings (SSSR count). The molecule has 0 amide bonds. The summed E-state index contributed by atoms with van der Waals surface area (Å²) >= 11 is 0. The van der Waals surface area contributed by atoms with Crippen LogP contribution in [0.2, 0.25) is 0 Å². The highest BCUT2D eigenvalue weighted by atomic mass is 16.1. The first-order chi connectivity index (χ1) is 12.3. The van der Waals surface area contributed by atoms with Crippen molar-refractivity contribution in [2.24, 2.45) is 0 Å². The molecule has 0 saturated heterocycles. The first-order valence-electron chi connectivity index (χ1n) is 8.58. The molecule has 0 radical (unpaired) electrons. The monoisotopic (exact) mass is 332 g/mol. The van der Waals surface area contributed by atoms with E-state index >= 15 is 0 Å². The van der Waals surface area contributed by atoms with Crippen molar-refractivity contribution < 1.29 is 0 Å². The number of pyridine rings is 1. The van der Waals surface area contributed by atoms with Crippen LogP contribution in [-0.4, -0.2) is 14.5 Å². The maximum Gasteiger partial charge on any atom is 0.250 e. The molecule has 5 nitrogen and oxygen atoms in total. The SMILES string of the molecule is O=c1ccccn1Cc1ccc(CNc2ccnc(C3CC3)n2)cc1. The van der Waals surface area contributed by atoms with Gasteiger partial charge in [0.25, 0.3) is 5.56 Å². The summed E-state index contributed by atoms with van der Waals surface area (Å²) in [6.45, 7) is 1.30. The Hall–Kier alpha value is -2.95. The van der Waals surface area contributed by atoms with Crippen molar-refractivity contribution in [1.82, 2.24) is 14.5 Å². The fraction of sp³-hybridized carbons (Fsp3) is 0.250. The summed E-state index contributed by atoms with van der Waals surface area (Å²) in [6, 6.07) is 15.4. The van der Waals surface area contributed by atoms with E-state index in [1.54, 1.807) is 16.7 Å². The molecule has 1 aliphatic carbocycles. The van der Waals surface area contributed by atoms with Crippen LogP contribution in [0.1, 0.15) is 35.7 Å². The number of benzene rings is 1. The van der Waals surface area contributed by atoms with Gasteiger partial charge in [0.05, 0.1) is 6.54 Å². The Bertz CT molecular complexity index is 913. The van der Waals surface area contributed by atoms with E-state index in [0.29, 0.717) is 19.0 Å². The van der Waals surface area contributed by atoms with Crippen molar-refractivity contribution in [3.05, 3.63) is 88.2 Å². The molecule has 1 aliphatic rings. The van der Waals surface area contributed by atoms with Gasteiger partial charge >= 0.3 is 0 Å². The quantitative estimate of drug-likeness (QED) is 0.753. The predicted octanol–water partition coefficient (Wildman–Crippen LogP) is 3.18. The Morgan fingerprint density at radius 3 is 2.60 bits per heavy atom. The van der Waals surface area contributed by atoms with Crippen molar-refractivity contribution >= 4 is 5.82 Å². The van der Waals surface area contributed by atoms with Crippen LogP contribution in [0, 0.1) is 0 Å². The largest absolute Gasteiger partial charge is 0.366 e. The first kappa shape index (κ1) is 15.6. The van der Waals surface area contributed by atoms with E-state index in [0.717, 1.165) is 17.2 Å². The summed E-state index contributed by atoms with van der Waals surface area (Å²) in [4.78, 5) is 20.7. The summed E-state index contributed by atoms with van der Waals surface area (Å²) in [5.74, 6) is 2.38. The molecule has 3 aromatic rings. The van der Waals surface area contributed by atoms with Crippen molar-refractivity contribution in [2.45, 2.75) is 31.8 Å². The zero-order chi connectivity index (χ0) is 17.1. The fourth-order valence-electron chi connectivity index (χ4n) is 2.75. The predicted molar refractivity (Wildman–Crippen MR) is 97.6 cm³/mol. The Labute approximate surface area is 146 Å². The maximum atomic E-state index is 11.8. The molecule has 2 aromatic heterocycles. The second-order valence-corrected chi connectivity index (χ2v) is 6.41. The summed E-state index contributed by atoms with van der Waals surface area (Å²) in [5.41, 5.74) is 2.30. The average molecular weight is 332 g/mol. The van der Waals surface area contributed by atoms with Gasteiger partial charge in [0.1, 0.15) is 11.6 Å². The van der Waals surface area contributed by atoms with Gasteiger partial charge in [-0.2, -0.15) is 0 Å². The topological polar surface area (TPSA) is 59.8 Å². The molecule has 1 fully saturated rings. The fourth-order valence-corrected chi connectivity index (χ4v) is 2.75. The number of nitrogens with zero attached hydrogens (tertiary/aromatic N) is 3. The lowest BCUT2D eigenvalue weighted by molar-refractivity contribution is 0.759. The van der Waals surface area contributed by atoms with Gasteiger partial charge < -0.3 is 9.88 Å². The zero-order valence-corrected chi connectivity index (χ0v) is 13.9. The maximum absolute atomic E-state index is 11.8. The van der Waals surface area contributed by atoms with Gasteiger partial charge in [-0.05, 0) is 36.1 Å².